The number of anilines is 1. The van der Waals surface area contributed by atoms with Crippen LogP contribution in [0.1, 0.15) is 18.4 Å². The summed E-state index contributed by atoms with van der Waals surface area (Å²) in [6.45, 7) is 4.68. The molecule has 0 unspecified atom stereocenters. The van der Waals surface area contributed by atoms with Gasteiger partial charge in [-0.05, 0) is 31.7 Å². The topological polar surface area (TPSA) is 60.4 Å². The number of nitrogens with zero attached hydrogens (tertiary/aromatic N) is 4. The van der Waals surface area contributed by atoms with Crippen molar-refractivity contribution in [3.05, 3.63) is 36.3 Å². The van der Waals surface area contributed by atoms with Crippen molar-refractivity contribution in [2.75, 3.05) is 31.7 Å². The molecule has 0 aliphatic carbocycles. The van der Waals surface area contributed by atoms with E-state index < -0.39 is 0 Å². The van der Waals surface area contributed by atoms with Crippen molar-refractivity contribution in [1.29, 1.82) is 0 Å². The third kappa shape index (κ3) is 3.88. The zero-order chi connectivity index (χ0) is 16.1. The number of aryl methyl sites for hydroxylation is 1. The lowest BCUT2D eigenvalue weighted by atomic mass is 9.98. The zero-order valence-electron chi connectivity index (χ0n) is 13.6. The quantitative estimate of drug-likeness (QED) is 0.845. The first-order valence-electron chi connectivity index (χ1n) is 7.91. The van der Waals surface area contributed by atoms with Crippen molar-refractivity contribution >= 4 is 5.82 Å². The Labute approximate surface area is 136 Å². The maximum absolute atomic E-state index is 5.88. The van der Waals surface area contributed by atoms with Gasteiger partial charge < -0.3 is 14.4 Å². The molecule has 2 aromatic heterocycles. The van der Waals surface area contributed by atoms with Gasteiger partial charge in [0.1, 0.15) is 12.1 Å². The van der Waals surface area contributed by atoms with Gasteiger partial charge in [0, 0.05) is 30.9 Å². The van der Waals surface area contributed by atoms with Crippen molar-refractivity contribution < 1.29 is 9.47 Å². The van der Waals surface area contributed by atoms with Crippen LogP contribution in [-0.4, -0.2) is 41.8 Å². The molecule has 6 heteroatoms. The molecule has 0 aromatic carbocycles. The first-order valence-corrected chi connectivity index (χ1v) is 7.91. The van der Waals surface area contributed by atoms with Crippen LogP contribution in [0.15, 0.2) is 30.7 Å². The van der Waals surface area contributed by atoms with E-state index in [0.717, 1.165) is 49.8 Å². The first-order chi connectivity index (χ1) is 11.3. The number of pyridine rings is 1. The van der Waals surface area contributed by atoms with Crippen LogP contribution < -0.4 is 14.4 Å². The van der Waals surface area contributed by atoms with Gasteiger partial charge in [-0.15, -0.1) is 0 Å². The predicted molar refractivity (Wildman–Crippen MR) is 88.0 cm³/mol. The lowest BCUT2D eigenvalue weighted by molar-refractivity contribution is 0.214. The van der Waals surface area contributed by atoms with Crippen LogP contribution >= 0.6 is 0 Å². The molecule has 0 bridgehead atoms. The van der Waals surface area contributed by atoms with E-state index in [1.807, 2.05) is 25.1 Å². The second kappa shape index (κ2) is 7.26. The van der Waals surface area contributed by atoms with Gasteiger partial charge in [0.25, 0.3) is 0 Å². The van der Waals surface area contributed by atoms with E-state index in [9.17, 15) is 0 Å². The van der Waals surface area contributed by atoms with Crippen LogP contribution in [0.3, 0.4) is 0 Å². The molecule has 1 aliphatic heterocycles. The zero-order valence-corrected chi connectivity index (χ0v) is 13.6. The molecule has 1 saturated heterocycles. The van der Waals surface area contributed by atoms with Gasteiger partial charge in [-0.1, -0.05) is 6.07 Å². The van der Waals surface area contributed by atoms with Crippen LogP contribution in [0, 0.1) is 12.8 Å². The van der Waals surface area contributed by atoms with E-state index in [1.54, 1.807) is 19.6 Å². The minimum absolute atomic E-state index is 0.552. The van der Waals surface area contributed by atoms with E-state index in [2.05, 4.69) is 19.9 Å². The van der Waals surface area contributed by atoms with Gasteiger partial charge >= 0.3 is 0 Å². The fraction of sp³-hybridized carbons (Fsp3) is 0.471. The lowest BCUT2D eigenvalue weighted by Crippen LogP contribution is -2.36. The molecular weight excluding hydrogens is 292 g/mol. The Hall–Kier alpha value is -2.37. The van der Waals surface area contributed by atoms with Gasteiger partial charge in [0.2, 0.25) is 11.8 Å². The summed E-state index contributed by atoms with van der Waals surface area (Å²) in [7, 11) is 1.62. The van der Waals surface area contributed by atoms with Crippen molar-refractivity contribution in [3.63, 3.8) is 0 Å². The fourth-order valence-corrected chi connectivity index (χ4v) is 2.76. The maximum Gasteiger partial charge on any atom is 0.218 e. The average molecular weight is 314 g/mol. The van der Waals surface area contributed by atoms with Crippen LogP contribution in [-0.2, 0) is 0 Å². The van der Waals surface area contributed by atoms with Gasteiger partial charge in [-0.3, -0.25) is 0 Å². The summed E-state index contributed by atoms with van der Waals surface area (Å²) < 4.78 is 11.0. The molecule has 122 valence electrons. The second-order valence-electron chi connectivity index (χ2n) is 5.79. The molecule has 3 rings (SSSR count). The highest BCUT2D eigenvalue weighted by molar-refractivity contribution is 5.41. The van der Waals surface area contributed by atoms with E-state index >= 15 is 0 Å². The standard InChI is InChI=1S/C17H22N4O2/c1-13-4-3-7-18-17(13)23-11-14-5-8-21(9-6-14)15-10-16(22-2)20-12-19-15/h3-4,7,10,12,14H,5-6,8-9,11H2,1-2H3. The van der Waals surface area contributed by atoms with Crippen LogP contribution in [0.5, 0.6) is 11.8 Å². The van der Waals surface area contributed by atoms with E-state index in [4.69, 9.17) is 9.47 Å². The van der Waals surface area contributed by atoms with Gasteiger partial charge in [0.15, 0.2) is 0 Å². The molecule has 6 nitrogen and oxygen atoms in total. The number of hydrogen-bond donors (Lipinski definition) is 0. The van der Waals surface area contributed by atoms with E-state index in [-0.39, 0.29) is 0 Å². The Morgan fingerprint density at radius 2 is 2.04 bits per heavy atom. The minimum Gasteiger partial charge on any atom is -0.481 e. The maximum atomic E-state index is 5.88. The Morgan fingerprint density at radius 3 is 2.78 bits per heavy atom. The molecule has 1 aliphatic rings. The van der Waals surface area contributed by atoms with Crippen molar-refractivity contribution in [2.24, 2.45) is 5.92 Å². The molecule has 0 atom stereocenters. The summed E-state index contributed by atoms with van der Waals surface area (Å²) in [6, 6.07) is 5.83. The summed E-state index contributed by atoms with van der Waals surface area (Å²) in [5.41, 5.74) is 1.08. The first kappa shape index (κ1) is 15.5. The molecule has 23 heavy (non-hydrogen) atoms. The Balaban J connectivity index is 1.51. The van der Waals surface area contributed by atoms with Crippen molar-refractivity contribution in [3.8, 4) is 11.8 Å². The summed E-state index contributed by atoms with van der Waals surface area (Å²) in [4.78, 5) is 14.9. The summed E-state index contributed by atoms with van der Waals surface area (Å²) in [5.74, 6) is 2.83. The number of rotatable bonds is 5. The van der Waals surface area contributed by atoms with Gasteiger partial charge in [0.05, 0.1) is 13.7 Å². The van der Waals surface area contributed by atoms with Crippen molar-refractivity contribution in [2.45, 2.75) is 19.8 Å². The monoisotopic (exact) mass is 314 g/mol. The molecular formula is C17H22N4O2. The van der Waals surface area contributed by atoms with Gasteiger partial charge in [-0.2, -0.15) is 0 Å². The highest BCUT2D eigenvalue weighted by Crippen LogP contribution is 2.24. The highest BCUT2D eigenvalue weighted by Gasteiger charge is 2.21. The molecule has 0 spiro atoms. The summed E-state index contributed by atoms with van der Waals surface area (Å²) in [5, 5.41) is 0. The lowest BCUT2D eigenvalue weighted by Gasteiger charge is -2.32. The molecule has 0 N–H and O–H groups in total. The highest BCUT2D eigenvalue weighted by atomic mass is 16.5. The second-order valence-corrected chi connectivity index (χ2v) is 5.79. The molecule has 2 aromatic rings. The predicted octanol–water partition coefficient (Wildman–Crippen LogP) is 2.48. The van der Waals surface area contributed by atoms with Crippen LogP contribution in [0.2, 0.25) is 0 Å². The number of piperidine rings is 1. The number of ether oxygens (including phenoxy) is 2. The molecule has 0 amide bonds. The fourth-order valence-electron chi connectivity index (χ4n) is 2.76. The van der Waals surface area contributed by atoms with Gasteiger partial charge in [-0.25, -0.2) is 15.0 Å². The molecule has 0 saturated carbocycles. The van der Waals surface area contributed by atoms with Crippen LogP contribution in [0.25, 0.3) is 0 Å². The Bertz CT molecular complexity index is 642. The number of aromatic nitrogens is 3. The molecule has 0 radical (unpaired) electrons. The number of hydrogen-bond acceptors (Lipinski definition) is 6. The molecule has 3 heterocycles. The molecule has 1 fully saturated rings. The number of methoxy groups -OCH3 is 1. The SMILES string of the molecule is COc1cc(N2CCC(COc3ncccc3C)CC2)ncn1. The van der Waals surface area contributed by atoms with E-state index in [1.165, 1.54) is 0 Å². The Kier molecular flexibility index (Phi) is 4.90. The summed E-state index contributed by atoms with van der Waals surface area (Å²) in [6.07, 6.45) is 5.48. The third-order valence-electron chi connectivity index (χ3n) is 4.19. The minimum atomic E-state index is 0.552. The van der Waals surface area contributed by atoms with E-state index in [0.29, 0.717) is 11.8 Å². The van der Waals surface area contributed by atoms with Crippen molar-refractivity contribution in [1.82, 2.24) is 15.0 Å². The Morgan fingerprint density at radius 1 is 1.22 bits per heavy atom. The largest absolute Gasteiger partial charge is 0.481 e. The normalized spacial score (nSPS) is 15.5. The van der Waals surface area contributed by atoms with Crippen LogP contribution in [0.4, 0.5) is 5.82 Å². The smallest absolute Gasteiger partial charge is 0.218 e. The third-order valence-corrected chi connectivity index (χ3v) is 4.19. The summed E-state index contributed by atoms with van der Waals surface area (Å²) >= 11 is 0. The average Bonchev–Trinajstić information content (AvgIpc) is 2.61.